The molecule has 4 aliphatic heterocycles. The van der Waals surface area contributed by atoms with Crippen molar-refractivity contribution in [1.29, 1.82) is 0 Å². The van der Waals surface area contributed by atoms with Gasteiger partial charge < -0.3 is 47.2 Å². The van der Waals surface area contributed by atoms with Crippen LogP contribution in [0, 0.1) is 18.8 Å². The first kappa shape index (κ1) is 34.9. The number of hydrogen-bond donors (Lipinski definition) is 2. The molecule has 274 valence electrons. The second-order valence-corrected chi connectivity index (χ2v) is 14.0. The number of ether oxygens (including phenoxy) is 3. The summed E-state index contributed by atoms with van der Waals surface area (Å²) in [4.78, 5) is 93.7. The number of esters is 2. The predicted octanol–water partition coefficient (Wildman–Crippen LogP) is 2.02. The number of nitrogens with one attached hydrogen (secondary N) is 1. The average Bonchev–Trinajstić information content (AvgIpc) is 3.83. The lowest BCUT2D eigenvalue weighted by atomic mass is 9.79. The molecule has 4 aliphatic rings. The van der Waals surface area contributed by atoms with Crippen LogP contribution < -0.4 is 17.0 Å². The standard InChI is InChI=1S/C33H31N3O15S/c1-13-24-23(14(2)37)28(39)36(24)25-26(13)52-18-8-19(35(9-18)31(42)47-10-20-15(3)48-32(43)49-20)27(38)34-17-6-4-5-16(7-17)29(40)45-11-21-22(12-46-30(25)41)51-33(44)50-21/h4-7,13-14,18-19,23-24,37H,8-12H2,1-3H3,(H,34,38)/t13-,14-,18+,19+,23-,24-/m1/s1. The van der Waals surface area contributed by atoms with Crippen molar-refractivity contribution >= 4 is 47.3 Å². The highest BCUT2D eigenvalue weighted by Gasteiger charge is 2.60. The van der Waals surface area contributed by atoms with Crippen molar-refractivity contribution in [3.05, 3.63) is 84.7 Å². The van der Waals surface area contributed by atoms with E-state index >= 15 is 0 Å². The number of cyclic esters (lactones) is 2. The minimum atomic E-state index is -1.13. The monoisotopic (exact) mass is 741 g/mol. The number of nitrogens with zero attached hydrogens (tertiary/aromatic N) is 2. The van der Waals surface area contributed by atoms with Crippen molar-refractivity contribution in [1.82, 2.24) is 9.80 Å². The molecule has 19 heteroatoms. The lowest BCUT2D eigenvalue weighted by Crippen LogP contribution is -2.63. The number of hydrogen-bond acceptors (Lipinski definition) is 16. The van der Waals surface area contributed by atoms with Crippen LogP contribution in [0.3, 0.4) is 0 Å². The molecule has 18 nitrogen and oxygen atoms in total. The minimum absolute atomic E-state index is 0.0157. The molecule has 6 atom stereocenters. The van der Waals surface area contributed by atoms with Gasteiger partial charge in [-0.2, -0.15) is 0 Å². The molecule has 2 fully saturated rings. The van der Waals surface area contributed by atoms with Gasteiger partial charge in [0.25, 0.3) is 0 Å². The molecule has 1 aromatic carbocycles. The Bertz CT molecular complexity index is 2120. The number of likely N-dealkylation sites (tertiary alicyclic amines) is 1. The molecule has 0 radical (unpaired) electrons. The van der Waals surface area contributed by atoms with E-state index in [1.807, 2.05) is 0 Å². The number of anilines is 1. The third kappa shape index (κ3) is 6.29. The van der Waals surface area contributed by atoms with E-state index in [9.17, 15) is 38.7 Å². The van der Waals surface area contributed by atoms with E-state index < -0.39 is 96.6 Å². The molecular weight excluding hydrogens is 710 g/mol. The zero-order valence-corrected chi connectivity index (χ0v) is 28.6. The second-order valence-electron chi connectivity index (χ2n) is 12.6. The van der Waals surface area contributed by atoms with Gasteiger partial charge in [0.05, 0.1) is 23.6 Å². The van der Waals surface area contributed by atoms with E-state index in [2.05, 4.69) is 5.32 Å². The summed E-state index contributed by atoms with van der Waals surface area (Å²) in [5.74, 6) is -6.63. The molecule has 2 N–H and O–H groups in total. The van der Waals surface area contributed by atoms with E-state index in [0.29, 0.717) is 4.91 Å². The smallest absolute Gasteiger partial charge is 0.454 e. The van der Waals surface area contributed by atoms with E-state index in [-0.39, 0.29) is 53.0 Å². The summed E-state index contributed by atoms with van der Waals surface area (Å²) in [6.45, 7) is 3.03. The molecule has 0 saturated carbocycles. The number of fused-ring (bicyclic) bond motifs is 7. The fraction of sp³-hybridized carbons (Fsp3) is 0.424. The van der Waals surface area contributed by atoms with Crippen molar-refractivity contribution in [2.75, 3.05) is 11.9 Å². The van der Waals surface area contributed by atoms with Crippen LogP contribution in [0.15, 0.2) is 62.1 Å². The van der Waals surface area contributed by atoms with Gasteiger partial charge >= 0.3 is 29.7 Å². The first-order chi connectivity index (χ1) is 24.8. The molecule has 3 amide bonds. The first-order valence-electron chi connectivity index (χ1n) is 16.1. The van der Waals surface area contributed by atoms with Crippen molar-refractivity contribution in [2.24, 2.45) is 11.8 Å². The Morgan fingerprint density at radius 2 is 1.71 bits per heavy atom. The van der Waals surface area contributed by atoms with E-state index in [1.165, 1.54) is 59.7 Å². The van der Waals surface area contributed by atoms with Crippen molar-refractivity contribution in [3.8, 4) is 0 Å². The number of β-lactam (4-membered cyclic amide) rings is 1. The highest BCUT2D eigenvalue weighted by Crippen LogP contribution is 2.52. The van der Waals surface area contributed by atoms with Crippen LogP contribution >= 0.6 is 11.8 Å². The Labute approximate surface area is 296 Å². The Morgan fingerprint density at radius 1 is 1.02 bits per heavy atom. The van der Waals surface area contributed by atoms with Gasteiger partial charge in [-0.05, 0) is 38.5 Å². The highest BCUT2D eigenvalue weighted by atomic mass is 32.2. The molecule has 2 aromatic heterocycles. The van der Waals surface area contributed by atoms with Crippen molar-refractivity contribution < 1.29 is 61.0 Å². The molecule has 0 unspecified atom stereocenters. The van der Waals surface area contributed by atoms with Crippen LogP contribution in [-0.4, -0.2) is 74.7 Å². The Morgan fingerprint density at radius 3 is 2.38 bits per heavy atom. The van der Waals surface area contributed by atoms with E-state index in [4.69, 9.17) is 31.9 Å². The maximum Gasteiger partial charge on any atom is 0.519 e. The fourth-order valence-electron chi connectivity index (χ4n) is 6.82. The molecule has 6 heterocycles. The Kier molecular flexibility index (Phi) is 9.07. The minimum Gasteiger partial charge on any atom is -0.454 e. The fourth-order valence-corrected chi connectivity index (χ4v) is 8.34. The number of aliphatic hydroxyl groups is 1. The zero-order chi connectivity index (χ0) is 37.0. The maximum absolute atomic E-state index is 13.8. The molecule has 3 aromatic rings. The number of thioether (sulfide) groups is 1. The van der Waals surface area contributed by atoms with Gasteiger partial charge in [0.2, 0.25) is 11.8 Å². The number of aliphatic hydroxyl groups excluding tert-OH is 1. The number of carbonyl (C=O) groups excluding carboxylic acids is 5. The van der Waals surface area contributed by atoms with Crippen LogP contribution in [0.2, 0.25) is 0 Å². The lowest BCUT2D eigenvalue weighted by molar-refractivity contribution is -0.164. The van der Waals surface area contributed by atoms with Crippen molar-refractivity contribution in [2.45, 2.75) is 70.5 Å². The van der Waals surface area contributed by atoms with Crippen LogP contribution in [0.25, 0.3) is 0 Å². The van der Waals surface area contributed by atoms with Crippen LogP contribution in [0.4, 0.5) is 10.5 Å². The number of rotatable bonds is 3. The lowest BCUT2D eigenvalue weighted by Gasteiger charge is -2.46. The maximum atomic E-state index is 13.8. The summed E-state index contributed by atoms with van der Waals surface area (Å²) < 4.78 is 36.1. The molecule has 7 rings (SSSR count). The average molecular weight is 742 g/mol. The third-order valence-electron chi connectivity index (χ3n) is 9.32. The molecule has 4 bridgehead atoms. The quantitative estimate of drug-likeness (QED) is 0.222. The molecular formula is C33H31N3O15S. The number of benzene rings is 1. The Hall–Kier alpha value is -5.56. The molecule has 2 saturated heterocycles. The van der Waals surface area contributed by atoms with Gasteiger partial charge in [-0.3, -0.25) is 14.5 Å². The predicted molar refractivity (Wildman–Crippen MR) is 172 cm³/mol. The van der Waals surface area contributed by atoms with Gasteiger partial charge in [-0.15, -0.1) is 11.8 Å². The summed E-state index contributed by atoms with van der Waals surface area (Å²) >= 11 is 1.18. The number of amides is 3. The van der Waals surface area contributed by atoms with Gasteiger partial charge in [-0.1, -0.05) is 13.0 Å². The Balaban J connectivity index is 1.24. The normalized spacial score (nSPS) is 25.4. The van der Waals surface area contributed by atoms with E-state index in [1.54, 1.807) is 6.92 Å². The van der Waals surface area contributed by atoms with Gasteiger partial charge in [0.15, 0.2) is 42.9 Å². The largest absolute Gasteiger partial charge is 0.519 e. The van der Waals surface area contributed by atoms with Crippen LogP contribution in [0.5, 0.6) is 0 Å². The first-order valence-corrected chi connectivity index (χ1v) is 17.0. The number of carbonyl (C=O) groups is 5. The number of aryl methyl sites for hydroxylation is 1. The van der Waals surface area contributed by atoms with Gasteiger partial charge in [0, 0.05) is 28.3 Å². The highest BCUT2D eigenvalue weighted by molar-refractivity contribution is 8.03. The summed E-state index contributed by atoms with van der Waals surface area (Å²) in [5, 5.41) is 12.6. The van der Waals surface area contributed by atoms with E-state index in [0.717, 1.165) is 0 Å². The topological polar surface area (TPSA) is 238 Å². The summed E-state index contributed by atoms with van der Waals surface area (Å²) in [6, 6.07) is 4.11. The zero-order valence-electron chi connectivity index (χ0n) is 27.8. The van der Waals surface area contributed by atoms with Gasteiger partial charge in [0.1, 0.15) is 11.7 Å². The summed E-state index contributed by atoms with van der Waals surface area (Å²) in [7, 11) is 0. The van der Waals surface area contributed by atoms with Crippen LogP contribution in [0.1, 0.15) is 53.7 Å². The summed E-state index contributed by atoms with van der Waals surface area (Å²) in [6.07, 6.45) is -1.87. The summed E-state index contributed by atoms with van der Waals surface area (Å²) in [5.41, 5.74) is 0.139. The van der Waals surface area contributed by atoms with Crippen LogP contribution in [-0.2, 0) is 48.4 Å². The SMILES string of the molecule is Cc1oc(=O)oc1COC(=O)N1C[C@@H]2C[C@H]1C(=O)Nc1cccc(c1)C(=O)OCc1oc(=O)oc1COC(=O)C1=C(S2)[C@H](C)[C@@H]2[C@@H]([C@@H](C)O)C(=O)N12. The third-order valence-corrected chi connectivity index (χ3v) is 10.8. The molecule has 0 aliphatic carbocycles. The molecule has 0 spiro atoms. The second kappa shape index (κ2) is 13.5. The van der Waals surface area contributed by atoms with Crippen molar-refractivity contribution in [3.63, 3.8) is 0 Å². The van der Waals surface area contributed by atoms with Gasteiger partial charge in [-0.25, -0.2) is 24.0 Å². The molecule has 52 heavy (non-hydrogen) atoms.